The number of benzene rings is 1. The van der Waals surface area contributed by atoms with E-state index >= 15 is 0 Å². The van der Waals surface area contributed by atoms with Crippen molar-refractivity contribution in [3.8, 4) is 11.5 Å². The molecule has 1 aromatic rings. The molecule has 1 aromatic carbocycles. The number of rotatable bonds is 13. The minimum absolute atomic E-state index is 0.213. The van der Waals surface area contributed by atoms with Crippen LogP contribution in [0.25, 0.3) is 0 Å². The third-order valence-electron chi connectivity index (χ3n) is 5.32. The van der Waals surface area contributed by atoms with Crippen molar-refractivity contribution in [2.24, 2.45) is 5.92 Å². The van der Waals surface area contributed by atoms with Crippen molar-refractivity contribution in [3.63, 3.8) is 0 Å². The van der Waals surface area contributed by atoms with Gasteiger partial charge < -0.3 is 24.8 Å². The fourth-order valence-corrected chi connectivity index (χ4v) is 3.97. The smallest absolute Gasteiger partial charge is 0.320 e. The van der Waals surface area contributed by atoms with E-state index in [1.807, 2.05) is 13.8 Å². The van der Waals surface area contributed by atoms with Crippen molar-refractivity contribution < 1.29 is 34.4 Å². The molecule has 1 rings (SSSR count). The van der Waals surface area contributed by atoms with E-state index in [0.717, 1.165) is 42.4 Å². The number of unbranched alkanes of at least 4 members (excludes halogenated alkanes) is 3. The van der Waals surface area contributed by atoms with Crippen LogP contribution in [0.5, 0.6) is 11.5 Å². The molecule has 0 amide bonds. The third-order valence-corrected chi connectivity index (χ3v) is 5.32. The molecule has 0 aromatic heterocycles. The lowest BCUT2D eigenvalue weighted by Crippen LogP contribution is -2.31. The topological polar surface area (TPSA) is 113 Å². The number of hydrogen-bond acceptors (Lipinski definition) is 5. The average Bonchev–Trinajstić information content (AvgIpc) is 2.68. The maximum atomic E-state index is 11.6. The molecular weight excluding hydrogens is 376 g/mol. The van der Waals surface area contributed by atoms with Gasteiger partial charge in [0.1, 0.15) is 6.10 Å². The van der Waals surface area contributed by atoms with Crippen LogP contribution in [-0.4, -0.2) is 41.5 Å². The van der Waals surface area contributed by atoms with Gasteiger partial charge in [0, 0.05) is 11.1 Å². The molecule has 1 unspecified atom stereocenters. The Bertz CT molecular complexity index is 698. The van der Waals surface area contributed by atoms with Gasteiger partial charge in [0.05, 0.1) is 14.2 Å². The van der Waals surface area contributed by atoms with E-state index in [2.05, 4.69) is 6.92 Å². The predicted octanol–water partition coefficient (Wildman–Crippen LogP) is 3.77. The number of carbonyl (C=O) groups is 2. The van der Waals surface area contributed by atoms with E-state index in [9.17, 15) is 24.9 Å². The van der Waals surface area contributed by atoms with Gasteiger partial charge >= 0.3 is 11.9 Å². The second-order valence-corrected chi connectivity index (χ2v) is 7.03. The Morgan fingerprint density at radius 3 is 1.79 bits per heavy atom. The van der Waals surface area contributed by atoms with Crippen LogP contribution < -0.4 is 9.47 Å². The molecule has 0 fully saturated rings. The minimum atomic E-state index is -2.00. The lowest BCUT2D eigenvalue weighted by Gasteiger charge is -2.28. The van der Waals surface area contributed by atoms with Gasteiger partial charge in [-0.05, 0) is 36.8 Å². The highest BCUT2D eigenvalue weighted by atomic mass is 16.5. The molecule has 29 heavy (non-hydrogen) atoms. The molecular formula is C22H34O7. The van der Waals surface area contributed by atoms with Gasteiger partial charge in [-0.15, -0.1) is 0 Å². The summed E-state index contributed by atoms with van der Waals surface area (Å²) >= 11 is 0. The highest BCUT2D eigenvalue weighted by Crippen LogP contribution is 2.46. The maximum Gasteiger partial charge on any atom is 0.320 e. The first-order valence-corrected chi connectivity index (χ1v) is 10.2. The predicted molar refractivity (Wildman–Crippen MR) is 110 cm³/mol. The SMILES string of the molecule is CCCCCCc1c(CC)c(CC)c(OC)c(OC)c1C(O)C(C(=O)O)C(=O)O. The van der Waals surface area contributed by atoms with Crippen LogP contribution in [0.2, 0.25) is 0 Å². The Hall–Kier alpha value is -2.28. The van der Waals surface area contributed by atoms with Crippen LogP contribution in [-0.2, 0) is 28.9 Å². The Labute approximate surface area is 172 Å². The lowest BCUT2D eigenvalue weighted by atomic mass is 9.83. The van der Waals surface area contributed by atoms with Gasteiger partial charge in [-0.2, -0.15) is 0 Å². The number of aliphatic hydroxyl groups excluding tert-OH is 1. The normalized spacial score (nSPS) is 12.1. The van der Waals surface area contributed by atoms with E-state index in [1.165, 1.54) is 14.2 Å². The Morgan fingerprint density at radius 2 is 1.38 bits per heavy atom. The van der Waals surface area contributed by atoms with Crippen molar-refractivity contribution in [2.75, 3.05) is 14.2 Å². The highest BCUT2D eigenvalue weighted by molar-refractivity contribution is 5.94. The summed E-state index contributed by atoms with van der Waals surface area (Å²) in [5.74, 6) is -4.55. The number of methoxy groups -OCH3 is 2. The summed E-state index contributed by atoms with van der Waals surface area (Å²) in [5, 5.41) is 29.8. The molecule has 0 saturated carbocycles. The lowest BCUT2D eigenvalue weighted by molar-refractivity contribution is -0.160. The van der Waals surface area contributed by atoms with Gasteiger partial charge in [0.25, 0.3) is 0 Å². The summed E-state index contributed by atoms with van der Waals surface area (Å²) in [7, 11) is 2.90. The molecule has 1 atom stereocenters. The van der Waals surface area contributed by atoms with Crippen molar-refractivity contribution in [1.29, 1.82) is 0 Å². The van der Waals surface area contributed by atoms with Gasteiger partial charge in [-0.1, -0.05) is 40.0 Å². The highest BCUT2D eigenvalue weighted by Gasteiger charge is 2.39. The number of ether oxygens (including phenoxy) is 2. The molecule has 0 spiro atoms. The van der Waals surface area contributed by atoms with Crippen molar-refractivity contribution >= 4 is 11.9 Å². The zero-order valence-corrected chi connectivity index (χ0v) is 18.1. The van der Waals surface area contributed by atoms with E-state index in [1.54, 1.807) is 0 Å². The number of carboxylic acid groups (broad SMARTS) is 2. The molecule has 0 saturated heterocycles. The average molecular weight is 411 g/mol. The monoisotopic (exact) mass is 410 g/mol. The summed E-state index contributed by atoms with van der Waals surface area (Å²) in [6.45, 7) is 6.09. The molecule has 0 aliphatic heterocycles. The van der Waals surface area contributed by atoms with Crippen molar-refractivity contribution in [2.45, 2.75) is 71.8 Å². The maximum absolute atomic E-state index is 11.6. The molecule has 164 valence electrons. The standard InChI is InChI=1S/C22H34O7/c1-6-9-10-11-12-15-13(7-2)14(8-3)19(28-4)20(29-5)16(15)18(23)17(21(24)25)22(26)27/h17-18,23H,6-12H2,1-5H3,(H,24,25)(H,26,27). The number of aliphatic carboxylic acids is 2. The van der Waals surface area contributed by atoms with Gasteiger partial charge in [-0.3, -0.25) is 9.59 Å². The first kappa shape index (κ1) is 24.8. The molecule has 0 radical (unpaired) electrons. The van der Waals surface area contributed by atoms with E-state index < -0.39 is 24.0 Å². The van der Waals surface area contributed by atoms with Crippen LogP contribution in [0.1, 0.15) is 74.8 Å². The summed E-state index contributed by atoms with van der Waals surface area (Å²) in [6.07, 6.45) is 4.15. The largest absolute Gasteiger partial charge is 0.493 e. The van der Waals surface area contributed by atoms with E-state index in [-0.39, 0.29) is 11.3 Å². The molecule has 0 heterocycles. The quantitative estimate of drug-likeness (QED) is 0.335. The first-order chi connectivity index (χ1) is 13.8. The molecule has 0 aliphatic rings. The molecule has 7 heteroatoms. The second-order valence-electron chi connectivity index (χ2n) is 7.03. The van der Waals surface area contributed by atoms with Gasteiger partial charge in [0.15, 0.2) is 17.4 Å². The van der Waals surface area contributed by atoms with Crippen molar-refractivity contribution in [3.05, 3.63) is 22.3 Å². The number of aliphatic hydroxyl groups is 1. The Balaban J connectivity index is 3.79. The van der Waals surface area contributed by atoms with E-state index in [4.69, 9.17) is 9.47 Å². The Morgan fingerprint density at radius 1 is 0.828 bits per heavy atom. The molecule has 0 aliphatic carbocycles. The summed E-state index contributed by atoms with van der Waals surface area (Å²) in [6, 6.07) is 0. The van der Waals surface area contributed by atoms with Crippen LogP contribution in [0, 0.1) is 5.92 Å². The van der Waals surface area contributed by atoms with Crippen LogP contribution in [0.3, 0.4) is 0 Å². The zero-order chi connectivity index (χ0) is 22.1. The minimum Gasteiger partial charge on any atom is -0.493 e. The second kappa shape index (κ2) is 11.7. The summed E-state index contributed by atoms with van der Waals surface area (Å²) in [4.78, 5) is 23.2. The fourth-order valence-electron chi connectivity index (χ4n) is 3.97. The fraction of sp³-hybridized carbons (Fsp3) is 0.636. The summed E-state index contributed by atoms with van der Waals surface area (Å²) < 4.78 is 11.1. The van der Waals surface area contributed by atoms with Gasteiger partial charge in [-0.25, -0.2) is 0 Å². The van der Waals surface area contributed by atoms with Gasteiger partial charge in [0.2, 0.25) is 0 Å². The van der Waals surface area contributed by atoms with Crippen LogP contribution in [0.4, 0.5) is 0 Å². The van der Waals surface area contributed by atoms with Crippen LogP contribution in [0.15, 0.2) is 0 Å². The van der Waals surface area contributed by atoms with Crippen molar-refractivity contribution in [1.82, 2.24) is 0 Å². The number of carboxylic acids is 2. The zero-order valence-electron chi connectivity index (χ0n) is 18.1. The third kappa shape index (κ3) is 5.41. The molecule has 0 bridgehead atoms. The summed E-state index contributed by atoms with van der Waals surface area (Å²) in [5.41, 5.74) is 2.89. The van der Waals surface area contributed by atoms with E-state index in [0.29, 0.717) is 25.0 Å². The first-order valence-electron chi connectivity index (χ1n) is 10.2. The number of hydrogen-bond donors (Lipinski definition) is 3. The molecule has 3 N–H and O–H groups in total. The van der Waals surface area contributed by atoms with Crippen LogP contribution >= 0.6 is 0 Å². The Kier molecular flexibility index (Phi) is 9.95. The molecule has 7 nitrogen and oxygen atoms in total.